The lowest BCUT2D eigenvalue weighted by Gasteiger charge is -2.37. The molecule has 4 amide bonds. The van der Waals surface area contributed by atoms with Crippen LogP contribution in [-0.4, -0.2) is 123 Å². The molecule has 72 heavy (non-hydrogen) atoms. The summed E-state index contributed by atoms with van der Waals surface area (Å²) in [7, 11) is 1.59. The average molecular weight is 1060 g/mol. The van der Waals surface area contributed by atoms with Crippen LogP contribution in [0.15, 0.2) is 73.3 Å². The molecule has 5 heterocycles. The molecule has 0 radical (unpaired) electrons. The Balaban J connectivity index is 0.00000281. The van der Waals surface area contributed by atoms with Crippen molar-refractivity contribution in [1.29, 1.82) is 0 Å². The number of phenolic OH excluding ortho intramolecular Hbond substituents is 1. The number of fused-ring (bicyclic) bond motifs is 6. The molecule has 394 valence electrons. The van der Waals surface area contributed by atoms with Crippen LogP contribution >= 0.6 is 54.0 Å². The molecular formula is C54H77N7O7S4. The van der Waals surface area contributed by atoms with E-state index in [0.717, 1.165) is 65.0 Å². The number of aryl methyl sites for hydroxylation is 1. The number of benzene rings is 3. The van der Waals surface area contributed by atoms with Crippen LogP contribution in [0.25, 0.3) is 33.3 Å². The highest BCUT2D eigenvalue weighted by Gasteiger charge is 2.40. The number of amides is 4. The van der Waals surface area contributed by atoms with Crippen molar-refractivity contribution in [1.82, 2.24) is 35.0 Å². The SMILES string of the molecule is C=CC(=O)N1CC[C@H](C(=O)N(C)[C@H](C(=O)N[C@H]2Cc3cc(O)cc(c3)-c3ccc4c(c3)c(c(-c3ccc(CN5CCCC5)cc3)n4CC)CC(C)(C)COC(=O)[C@@H]3CCCN(N3)C2=O)C(C)C)C1.S.S.S.S. The van der Waals surface area contributed by atoms with Crippen LogP contribution < -0.4 is 10.7 Å². The van der Waals surface area contributed by atoms with Gasteiger partial charge < -0.3 is 29.5 Å². The fourth-order valence-electron chi connectivity index (χ4n) is 10.9. The van der Waals surface area contributed by atoms with E-state index in [-0.39, 0.29) is 97.0 Å². The second kappa shape index (κ2) is 25.6. The minimum Gasteiger partial charge on any atom is -0.508 e. The summed E-state index contributed by atoms with van der Waals surface area (Å²) in [6.07, 6.45) is 5.79. The molecule has 4 aromatic rings. The normalized spacial score (nSPS) is 20.5. The lowest BCUT2D eigenvalue weighted by molar-refractivity contribution is -0.155. The minimum absolute atomic E-state index is 0. The van der Waals surface area contributed by atoms with Gasteiger partial charge in [0.2, 0.25) is 17.7 Å². The first-order valence-electron chi connectivity index (χ1n) is 24.6. The highest BCUT2D eigenvalue weighted by Crippen LogP contribution is 2.41. The molecule has 3 aromatic carbocycles. The molecule has 1 aromatic heterocycles. The topological polar surface area (TPSA) is 157 Å². The van der Waals surface area contributed by atoms with Crippen molar-refractivity contribution < 1.29 is 33.8 Å². The average Bonchev–Trinajstić information content (AvgIpc) is 4.10. The van der Waals surface area contributed by atoms with Gasteiger partial charge in [0.05, 0.1) is 18.2 Å². The number of esters is 1. The monoisotopic (exact) mass is 1060 g/mol. The van der Waals surface area contributed by atoms with E-state index in [1.165, 1.54) is 34.4 Å². The molecule has 4 aliphatic heterocycles. The quantitative estimate of drug-likeness (QED) is 0.114. The van der Waals surface area contributed by atoms with Crippen LogP contribution in [0.3, 0.4) is 0 Å². The number of aromatic nitrogens is 1. The zero-order valence-electron chi connectivity index (χ0n) is 42.7. The highest BCUT2D eigenvalue weighted by atomic mass is 32.1. The Morgan fingerprint density at radius 3 is 2.28 bits per heavy atom. The summed E-state index contributed by atoms with van der Waals surface area (Å²) in [5, 5.41) is 16.8. The molecule has 4 atom stereocenters. The van der Waals surface area contributed by atoms with Gasteiger partial charge in [-0.25, -0.2) is 5.43 Å². The Morgan fingerprint density at radius 2 is 1.61 bits per heavy atom. The number of hydrazine groups is 1. The second-order valence-corrected chi connectivity index (χ2v) is 20.5. The molecule has 3 saturated heterocycles. The van der Waals surface area contributed by atoms with Crippen LogP contribution in [0.1, 0.15) is 83.4 Å². The van der Waals surface area contributed by atoms with E-state index in [0.29, 0.717) is 44.3 Å². The van der Waals surface area contributed by atoms with Crippen molar-refractivity contribution in [2.45, 2.75) is 111 Å². The number of likely N-dealkylation sites (tertiary alicyclic amines) is 2. The largest absolute Gasteiger partial charge is 0.508 e. The van der Waals surface area contributed by atoms with E-state index in [1.54, 1.807) is 24.1 Å². The molecule has 6 bridgehead atoms. The van der Waals surface area contributed by atoms with Gasteiger partial charge in [0.15, 0.2) is 0 Å². The maximum absolute atomic E-state index is 14.7. The number of carbonyl (C=O) groups is 5. The van der Waals surface area contributed by atoms with Crippen molar-refractivity contribution in [2.24, 2.45) is 17.3 Å². The molecule has 8 rings (SSSR count). The number of cyclic esters (lactones) is 1. The molecule has 4 aliphatic rings. The third-order valence-electron chi connectivity index (χ3n) is 14.4. The number of nitrogens with one attached hydrogen (secondary N) is 2. The summed E-state index contributed by atoms with van der Waals surface area (Å²) in [5.41, 5.74) is 10.6. The maximum atomic E-state index is 14.7. The number of nitrogens with zero attached hydrogens (tertiary/aromatic N) is 5. The van der Waals surface area contributed by atoms with Crippen LogP contribution in [0.5, 0.6) is 5.75 Å². The van der Waals surface area contributed by atoms with E-state index in [4.69, 9.17) is 4.74 Å². The number of aromatic hydroxyl groups is 1. The van der Waals surface area contributed by atoms with Gasteiger partial charge in [-0.15, -0.1) is 0 Å². The highest BCUT2D eigenvalue weighted by molar-refractivity contribution is 7.59. The smallest absolute Gasteiger partial charge is 0.324 e. The van der Waals surface area contributed by atoms with Gasteiger partial charge in [-0.1, -0.05) is 70.7 Å². The van der Waals surface area contributed by atoms with E-state index in [9.17, 15) is 29.1 Å². The molecule has 3 fully saturated rings. The van der Waals surface area contributed by atoms with Gasteiger partial charge in [-0.3, -0.25) is 33.9 Å². The summed E-state index contributed by atoms with van der Waals surface area (Å²) in [6.45, 7) is 18.7. The van der Waals surface area contributed by atoms with E-state index < -0.39 is 47.2 Å². The summed E-state index contributed by atoms with van der Waals surface area (Å²) in [5.74, 6) is -2.75. The Hall–Kier alpha value is -4.59. The number of hydrogen-bond acceptors (Lipinski definition) is 9. The number of likely N-dealkylation sites (N-methyl/N-ethyl adjacent to an activating group) is 1. The predicted molar refractivity (Wildman–Crippen MR) is 304 cm³/mol. The molecule has 3 N–H and O–H groups in total. The van der Waals surface area contributed by atoms with Gasteiger partial charge in [-0.2, -0.15) is 54.0 Å². The molecule has 18 heteroatoms. The lowest BCUT2D eigenvalue weighted by atomic mass is 9.84. The Labute approximate surface area is 453 Å². The Morgan fingerprint density at radius 1 is 0.917 bits per heavy atom. The summed E-state index contributed by atoms with van der Waals surface area (Å²) >= 11 is 0. The molecule has 0 spiro atoms. The van der Waals surface area contributed by atoms with Crippen LogP contribution in [0.2, 0.25) is 0 Å². The number of hydrogen-bond donors (Lipinski definition) is 3. The zero-order valence-corrected chi connectivity index (χ0v) is 46.7. The third-order valence-corrected chi connectivity index (χ3v) is 14.4. The zero-order chi connectivity index (χ0) is 48.4. The van der Waals surface area contributed by atoms with Crippen LogP contribution in [0, 0.1) is 17.3 Å². The first-order chi connectivity index (χ1) is 32.5. The van der Waals surface area contributed by atoms with Crippen molar-refractivity contribution >= 4 is 94.5 Å². The van der Waals surface area contributed by atoms with E-state index in [2.05, 4.69) is 90.0 Å². The Bertz CT molecular complexity index is 2580. The maximum Gasteiger partial charge on any atom is 0.324 e. The van der Waals surface area contributed by atoms with Crippen molar-refractivity contribution in [3.8, 4) is 28.1 Å². The van der Waals surface area contributed by atoms with E-state index >= 15 is 0 Å². The fraction of sp³-hybridized carbons (Fsp3) is 0.500. The summed E-state index contributed by atoms with van der Waals surface area (Å²) in [6, 6.07) is 17.7. The third kappa shape index (κ3) is 13.2. The molecule has 0 aliphatic carbocycles. The second-order valence-electron chi connectivity index (χ2n) is 20.5. The fourth-order valence-corrected chi connectivity index (χ4v) is 10.9. The van der Waals surface area contributed by atoms with Crippen molar-refractivity contribution in [3.63, 3.8) is 0 Å². The van der Waals surface area contributed by atoms with Gasteiger partial charge in [-0.05, 0) is 128 Å². The number of rotatable bonds is 10. The lowest BCUT2D eigenvalue weighted by Crippen LogP contribution is -2.62. The van der Waals surface area contributed by atoms with Crippen molar-refractivity contribution in [2.75, 3.05) is 46.4 Å². The van der Waals surface area contributed by atoms with E-state index in [1.807, 2.05) is 19.9 Å². The first-order valence-corrected chi connectivity index (χ1v) is 24.6. The van der Waals surface area contributed by atoms with Crippen LogP contribution in [-0.2, 0) is 54.6 Å². The summed E-state index contributed by atoms with van der Waals surface area (Å²) < 4.78 is 8.50. The summed E-state index contributed by atoms with van der Waals surface area (Å²) in [4.78, 5) is 75.0. The van der Waals surface area contributed by atoms with Crippen molar-refractivity contribution in [3.05, 3.63) is 90.0 Å². The molecule has 0 saturated carbocycles. The molecule has 14 nitrogen and oxygen atoms in total. The Kier molecular flexibility index (Phi) is 21.3. The van der Waals surface area contributed by atoms with Crippen LogP contribution in [0.4, 0.5) is 0 Å². The number of ether oxygens (including phenoxy) is 1. The van der Waals surface area contributed by atoms with Gasteiger partial charge >= 0.3 is 5.97 Å². The number of phenols is 1. The molecule has 0 unspecified atom stereocenters. The standard InChI is InChI=1S/C54H69N7O7.4H2S/c1-8-47(63)59-24-20-39(32-59)51(65)57(7)48(34(3)4)50(64)55-45-27-36-25-40(28-41(62)26-36)38-18-19-46-42(29-38)43(30-54(5,6)33-68-53(67)44-13-12-23-61(56-44)52(45)66)49(60(46)9-2)37-16-14-35(15-17-37)31-58-21-10-11-22-58;;;;/h8,14-19,25-26,28-29,34,39,44-45,48,56,62H,1,9-13,20-24,27,30-33H2,2-7H3,(H,55,64);4*1H2/t39-,44-,45-,48-;;;;/m0..../s1. The first kappa shape index (κ1) is 60.0. The minimum atomic E-state index is -1.15. The molecular weight excluding hydrogens is 987 g/mol. The van der Waals surface area contributed by atoms with Gasteiger partial charge in [0, 0.05) is 62.5 Å². The van der Waals surface area contributed by atoms with Gasteiger partial charge in [0.1, 0.15) is 23.9 Å². The van der Waals surface area contributed by atoms with Gasteiger partial charge in [0.25, 0.3) is 5.91 Å². The predicted octanol–water partition coefficient (Wildman–Crippen LogP) is 6.91. The number of carbonyl (C=O) groups excluding carboxylic acids is 5.